The lowest BCUT2D eigenvalue weighted by molar-refractivity contribution is 0.0957. The minimum Gasteiger partial charge on any atom is -0.396 e. The van der Waals surface area contributed by atoms with E-state index in [1.54, 1.807) is 25.1 Å². The number of nitrogens with one attached hydrogen (secondary N) is 1. The van der Waals surface area contributed by atoms with Gasteiger partial charge in [0, 0.05) is 25.6 Å². The van der Waals surface area contributed by atoms with Crippen LogP contribution in [0, 0.1) is 12.7 Å². The fourth-order valence-electron chi connectivity index (χ4n) is 3.99. The van der Waals surface area contributed by atoms with Crippen LogP contribution in [0.3, 0.4) is 0 Å². The SMILES string of the molecule is CNC(=O)c1c2cc(C3CC3)c(N(CCCO)S(C)(=O)=O)cc2nn1-c1ccc(C)c(F)c1. The molecule has 1 aliphatic carbocycles. The molecule has 1 aromatic heterocycles. The van der Waals surface area contributed by atoms with E-state index in [9.17, 15) is 22.7 Å². The summed E-state index contributed by atoms with van der Waals surface area (Å²) in [5.41, 5.74) is 2.87. The standard InChI is InChI=1S/C23H27FN4O4S/c1-14-5-8-16(11-19(14)24)28-22(23(30)25-2)18-12-17(15-6-7-15)21(13-20(18)26-28)27(9-4-10-29)33(3,31)32/h5,8,11-13,15,29H,4,6-7,9-10H2,1-3H3,(H,25,30). The van der Waals surface area contributed by atoms with E-state index in [4.69, 9.17) is 0 Å². The van der Waals surface area contributed by atoms with Crippen LogP contribution in [0.5, 0.6) is 0 Å². The highest BCUT2D eigenvalue weighted by Crippen LogP contribution is 2.46. The Balaban J connectivity index is 1.99. The molecule has 2 N–H and O–H groups in total. The quantitative estimate of drug-likeness (QED) is 0.522. The van der Waals surface area contributed by atoms with Crippen LogP contribution in [0.2, 0.25) is 0 Å². The highest BCUT2D eigenvalue weighted by atomic mass is 32.2. The summed E-state index contributed by atoms with van der Waals surface area (Å²) in [7, 11) is -2.10. The van der Waals surface area contributed by atoms with Crippen LogP contribution in [0.15, 0.2) is 30.3 Å². The van der Waals surface area contributed by atoms with Gasteiger partial charge in [-0.2, -0.15) is 5.10 Å². The lowest BCUT2D eigenvalue weighted by Crippen LogP contribution is -2.32. The van der Waals surface area contributed by atoms with E-state index in [1.807, 2.05) is 6.07 Å². The number of sulfonamides is 1. The maximum Gasteiger partial charge on any atom is 0.270 e. The smallest absolute Gasteiger partial charge is 0.270 e. The van der Waals surface area contributed by atoms with Gasteiger partial charge in [0.05, 0.1) is 23.1 Å². The van der Waals surface area contributed by atoms with Gasteiger partial charge in [0.1, 0.15) is 11.5 Å². The number of carbonyl (C=O) groups excluding carboxylic acids is 1. The van der Waals surface area contributed by atoms with Gasteiger partial charge in [-0.15, -0.1) is 0 Å². The van der Waals surface area contributed by atoms with Crippen molar-refractivity contribution < 1.29 is 22.7 Å². The van der Waals surface area contributed by atoms with Gasteiger partial charge in [-0.05, 0) is 67.5 Å². The molecule has 0 unspecified atom stereocenters. The topological polar surface area (TPSA) is 105 Å². The zero-order valence-electron chi connectivity index (χ0n) is 18.8. The molecule has 0 saturated heterocycles. The van der Waals surface area contributed by atoms with E-state index in [-0.39, 0.29) is 37.1 Å². The Morgan fingerprint density at radius 2 is 2.03 bits per heavy atom. The Morgan fingerprint density at radius 3 is 2.61 bits per heavy atom. The third-order valence-electron chi connectivity index (χ3n) is 5.87. The Labute approximate surface area is 192 Å². The van der Waals surface area contributed by atoms with Crippen LogP contribution in [0.4, 0.5) is 10.1 Å². The number of aryl methyl sites for hydroxylation is 1. The van der Waals surface area contributed by atoms with E-state index in [0.717, 1.165) is 24.7 Å². The molecule has 10 heteroatoms. The monoisotopic (exact) mass is 474 g/mol. The largest absolute Gasteiger partial charge is 0.396 e. The average Bonchev–Trinajstić information content (AvgIpc) is 3.54. The number of hydrogen-bond acceptors (Lipinski definition) is 5. The van der Waals surface area contributed by atoms with Crippen LogP contribution in [0.25, 0.3) is 16.6 Å². The van der Waals surface area contributed by atoms with E-state index in [1.165, 1.54) is 22.1 Å². The summed E-state index contributed by atoms with van der Waals surface area (Å²) < 4.78 is 42.2. The van der Waals surface area contributed by atoms with E-state index >= 15 is 0 Å². The normalized spacial score (nSPS) is 14.0. The van der Waals surface area contributed by atoms with Crippen LogP contribution < -0.4 is 9.62 Å². The number of anilines is 1. The van der Waals surface area contributed by atoms with Crippen LogP contribution in [0.1, 0.15) is 46.8 Å². The fourth-order valence-corrected chi connectivity index (χ4v) is 4.97. The molecular formula is C23H27FN4O4S. The molecule has 0 atom stereocenters. The first-order valence-electron chi connectivity index (χ1n) is 10.8. The summed E-state index contributed by atoms with van der Waals surface area (Å²) in [6.45, 7) is 1.65. The number of aromatic nitrogens is 2. The number of aliphatic hydroxyl groups excluding tert-OH is 1. The molecule has 1 saturated carbocycles. The van der Waals surface area contributed by atoms with Gasteiger partial charge in [-0.3, -0.25) is 9.10 Å². The molecule has 176 valence electrons. The third-order valence-corrected chi connectivity index (χ3v) is 7.05. The Kier molecular flexibility index (Phi) is 6.15. The summed E-state index contributed by atoms with van der Waals surface area (Å²) in [5.74, 6) is -0.616. The van der Waals surface area contributed by atoms with Crippen molar-refractivity contribution in [2.45, 2.75) is 32.1 Å². The molecule has 0 aliphatic heterocycles. The maximum atomic E-state index is 14.3. The molecule has 2 aromatic carbocycles. The van der Waals surface area contributed by atoms with Gasteiger partial charge in [0.25, 0.3) is 5.91 Å². The van der Waals surface area contributed by atoms with Crippen molar-refractivity contribution in [1.29, 1.82) is 0 Å². The molecule has 0 spiro atoms. The van der Waals surface area contributed by atoms with Gasteiger partial charge in [0.15, 0.2) is 0 Å². The van der Waals surface area contributed by atoms with Crippen molar-refractivity contribution >= 4 is 32.5 Å². The Morgan fingerprint density at radius 1 is 1.30 bits per heavy atom. The summed E-state index contributed by atoms with van der Waals surface area (Å²) in [6.07, 6.45) is 3.26. The van der Waals surface area contributed by atoms with Crippen molar-refractivity contribution in [1.82, 2.24) is 15.1 Å². The molecule has 8 nitrogen and oxygen atoms in total. The number of fused-ring (bicyclic) bond motifs is 1. The molecule has 3 aromatic rings. The maximum absolute atomic E-state index is 14.3. The second-order valence-electron chi connectivity index (χ2n) is 8.39. The number of benzene rings is 2. The number of halogens is 1. The van der Waals surface area contributed by atoms with Gasteiger partial charge < -0.3 is 10.4 Å². The molecular weight excluding hydrogens is 447 g/mol. The first kappa shape index (κ1) is 23.2. The minimum atomic E-state index is -3.62. The highest BCUT2D eigenvalue weighted by molar-refractivity contribution is 7.92. The number of rotatable bonds is 8. The zero-order chi connectivity index (χ0) is 23.9. The summed E-state index contributed by atoms with van der Waals surface area (Å²) >= 11 is 0. The molecule has 4 rings (SSSR count). The Hall–Kier alpha value is -2.98. The summed E-state index contributed by atoms with van der Waals surface area (Å²) in [6, 6.07) is 8.13. The van der Waals surface area contributed by atoms with E-state index in [0.29, 0.717) is 27.8 Å². The van der Waals surface area contributed by atoms with Gasteiger partial charge in [-0.25, -0.2) is 17.5 Å². The van der Waals surface area contributed by atoms with Crippen molar-refractivity contribution in [3.8, 4) is 5.69 Å². The predicted molar refractivity (Wildman–Crippen MR) is 125 cm³/mol. The van der Waals surface area contributed by atoms with Crippen molar-refractivity contribution in [3.05, 3.63) is 53.0 Å². The number of hydrogen-bond donors (Lipinski definition) is 2. The Bertz CT molecular complexity index is 1330. The number of amides is 1. The summed E-state index contributed by atoms with van der Waals surface area (Å²) in [5, 5.41) is 17.0. The van der Waals surface area contributed by atoms with Crippen LogP contribution in [-0.4, -0.2) is 55.7 Å². The van der Waals surface area contributed by atoms with E-state index < -0.39 is 15.8 Å². The minimum absolute atomic E-state index is 0.132. The molecule has 33 heavy (non-hydrogen) atoms. The van der Waals surface area contributed by atoms with Gasteiger partial charge in [-0.1, -0.05) is 6.07 Å². The van der Waals surface area contributed by atoms with Crippen LogP contribution >= 0.6 is 0 Å². The first-order chi connectivity index (χ1) is 15.7. The lowest BCUT2D eigenvalue weighted by Gasteiger charge is -2.25. The van der Waals surface area contributed by atoms with Gasteiger partial charge >= 0.3 is 0 Å². The second kappa shape index (κ2) is 8.75. The molecule has 1 heterocycles. The first-order valence-corrected chi connectivity index (χ1v) is 12.6. The summed E-state index contributed by atoms with van der Waals surface area (Å²) in [4.78, 5) is 12.9. The third kappa shape index (κ3) is 4.45. The van der Waals surface area contributed by atoms with Crippen molar-refractivity contribution in [2.24, 2.45) is 0 Å². The fraction of sp³-hybridized carbons (Fsp3) is 0.391. The molecule has 1 amide bonds. The zero-order valence-corrected chi connectivity index (χ0v) is 19.6. The molecule has 0 bridgehead atoms. The van der Waals surface area contributed by atoms with Crippen molar-refractivity contribution in [2.75, 3.05) is 30.8 Å². The molecule has 1 fully saturated rings. The average molecular weight is 475 g/mol. The lowest BCUT2D eigenvalue weighted by atomic mass is 10.0. The van der Waals surface area contributed by atoms with Crippen molar-refractivity contribution in [3.63, 3.8) is 0 Å². The second-order valence-corrected chi connectivity index (χ2v) is 10.3. The number of aliphatic hydroxyl groups is 1. The molecule has 1 aliphatic rings. The van der Waals surface area contributed by atoms with Gasteiger partial charge in [0.2, 0.25) is 10.0 Å². The highest BCUT2D eigenvalue weighted by Gasteiger charge is 2.32. The predicted octanol–water partition coefficient (Wildman–Crippen LogP) is 2.86. The number of carbonyl (C=O) groups is 1. The van der Waals surface area contributed by atoms with Crippen LogP contribution in [-0.2, 0) is 10.0 Å². The molecule has 0 radical (unpaired) electrons. The van der Waals surface area contributed by atoms with E-state index in [2.05, 4.69) is 10.4 Å². The number of nitrogens with zero attached hydrogens (tertiary/aromatic N) is 3.